The number of ether oxygens (including phenoxy) is 3. The smallest absolute Gasteiger partial charge is 0.414 e. The zero-order valence-electron chi connectivity index (χ0n) is 22.4. The monoisotopic (exact) mass is 575 g/mol. The van der Waals surface area contributed by atoms with Gasteiger partial charge >= 0.3 is 11.8 Å². The van der Waals surface area contributed by atoms with Gasteiger partial charge in [0.2, 0.25) is 0 Å². The van der Waals surface area contributed by atoms with Crippen LogP contribution in [0.3, 0.4) is 0 Å². The number of rotatable bonds is 9. The Hall–Kier alpha value is -4.28. The third-order valence-corrected chi connectivity index (χ3v) is 7.49. The van der Waals surface area contributed by atoms with E-state index in [1.807, 2.05) is 48.5 Å². The summed E-state index contributed by atoms with van der Waals surface area (Å²) in [5, 5.41) is 11.6. The zero-order valence-corrected chi connectivity index (χ0v) is 23.2. The van der Waals surface area contributed by atoms with Crippen molar-refractivity contribution in [3.05, 3.63) is 99.7 Å². The second kappa shape index (κ2) is 12.1. The molecule has 0 bridgehead atoms. The number of halogens is 1. The second-order valence-electron chi connectivity index (χ2n) is 10.1. The maximum absolute atomic E-state index is 11.0. The van der Waals surface area contributed by atoms with Gasteiger partial charge in [-0.2, -0.15) is 0 Å². The van der Waals surface area contributed by atoms with Crippen LogP contribution in [0.5, 0.6) is 23.3 Å². The minimum atomic E-state index is -0.514. The predicted molar refractivity (Wildman–Crippen MR) is 155 cm³/mol. The van der Waals surface area contributed by atoms with Gasteiger partial charge in [0.25, 0.3) is 0 Å². The van der Waals surface area contributed by atoms with Gasteiger partial charge in [-0.15, -0.1) is 0 Å². The second-order valence-corrected chi connectivity index (χ2v) is 10.6. The summed E-state index contributed by atoms with van der Waals surface area (Å²) in [7, 11) is 0. The fourth-order valence-corrected chi connectivity index (χ4v) is 5.17. The molecule has 1 saturated heterocycles. The molecule has 6 rings (SSSR count). The molecular weight excluding hydrogens is 546 g/mol. The lowest BCUT2D eigenvalue weighted by Crippen LogP contribution is -2.45. The molecule has 2 aliphatic heterocycles. The molecule has 0 N–H and O–H groups in total. The molecule has 1 atom stereocenters. The summed E-state index contributed by atoms with van der Waals surface area (Å²) in [6.07, 6.45) is 1.89. The van der Waals surface area contributed by atoms with E-state index in [-0.39, 0.29) is 17.9 Å². The average Bonchev–Trinajstić information content (AvgIpc) is 3.42. The Morgan fingerprint density at radius 3 is 2.46 bits per heavy atom. The van der Waals surface area contributed by atoms with Crippen molar-refractivity contribution in [2.75, 3.05) is 37.7 Å². The summed E-state index contributed by atoms with van der Waals surface area (Å²) in [5.41, 5.74) is 2.38. The van der Waals surface area contributed by atoms with E-state index in [9.17, 15) is 10.1 Å². The molecule has 212 valence electrons. The van der Waals surface area contributed by atoms with Crippen molar-refractivity contribution in [3.63, 3.8) is 0 Å². The maximum atomic E-state index is 11.0. The lowest BCUT2D eigenvalue weighted by Gasteiger charge is -2.36. The fraction of sp³-hybridized carbons (Fsp3) is 0.300. The van der Waals surface area contributed by atoms with Crippen LogP contribution in [-0.4, -0.2) is 58.3 Å². The summed E-state index contributed by atoms with van der Waals surface area (Å²) in [5.74, 6) is 2.14. The number of hydrogen-bond acceptors (Lipinski definition) is 8. The number of nitrogens with zero attached hydrogens (tertiary/aromatic N) is 5. The molecule has 41 heavy (non-hydrogen) atoms. The summed E-state index contributed by atoms with van der Waals surface area (Å²) in [6, 6.07) is 24.0. The van der Waals surface area contributed by atoms with Gasteiger partial charge in [0.1, 0.15) is 36.2 Å². The summed E-state index contributed by atoms with van der Waals surface area (Å²) < 4.78 is 19.4. The van der Waals surface area contributed by atoms with Crippen molar-refractivity contribution in [2.45, 2.75) is 25.6 Å². The minimum Gasteiger partial charge on any atom is -0.490 e. The highest BCUT2D eigenvalue weighted by Crippen LogP contribution is 2.27. The molecule has 4 aromatic rings. The van der Waals surface area contributed by atoms with Gasteiger partial charge in [0, 0.05) is 61.4 Å². The standard InChI is InChI=1S/C30H30ClN5O5/c31-23-4-8-26(9-5-23)40-27-3-1-2-22(18-27)19-33-14-16-34(17-15-33)24-6-10-25(11-7-24)39-21-28-12-13-35-20-29(36(37)38)32-30(35)41-28/h1-11,18,20,28H,12-17,19,21H2. The van der Waals surface area contributed by atoms with Crippen molar-refractivity contribution < 1.29 is 19.1 Å². The molecule has 10 nitrogen and oxygen atoms in total. The van der Waals surface area contributed by atoms with Gasteiger partial charge in [0.15, 0.2) is 0 Å². The number of hydrogen-bond donors (Lipinski definition) is 0. The highest BCUT2D eigenvalue weighted by atomic mass is 35.5. The molecule has 1 aromatic heterocycles. The number of aromatic nitrogens is 2. The average molecular weight is 576 g/mol. The molecule has 0 aliphatic carbocycles. The first-order chi connectivity index (χ1) is 20.0. The number of nitro groups is 1. The molecule has 0 saturated carbocycles. The van der Waals surface area contributed by atoms with Gasteiger partial charge in [-0.3, -0.25) is 9.47 Å². The molecular formula is C30H30ClN5O5. The van der Waals surface area contributed by atoms with E-state index in [0.29, 0.717) is 24.6 Å². The van der Waals surface area contributed by atoms with E-state index in [4.69, 9.17) is 25.8 Å². The van der Waals surface area contributed by atoms with Gasteiger partial charge < -0.3 is 29.2 Å². The van der Waals surface area contributed by atoms with E-state index < -0.39 is 4.92 Å². The highest BCUT2D eigenvalue weighted by Gasteiger charge is 2.28. The Bertz CT molecular complexity index is 1490. The van der Waals surface area contributed by atoms with Crippen molar-refractivity contribution in [1.29, 1.82) is 0 Å². The first-order valence-electron chi connectivity index (χ1n) is 13.6. The molecule has 3 aromatic carbocycles. The quantitative estimate of drug-likeness (QED) is 0.183. The van der Waals surface area contributed by atoms with Crippen LogP contribution in [0.2, 0.25) is 5.02 Å². The van der Waals surface area contributed by atoms with E-state index in [2.05, 4.69) is 39.0 Å². The van der Waals surface area contributed by atoms with E-state index in [1.54, 1.807) is 4.57 Å². The third kappa shape index (κ3) is 6.72. The van der Waals surface area contributed by atoms with Gasteiger partial charge in [-0.05, 0) is 71.2 Å². The van der Waals surface area contributed by atoms with Crippen LogP contribution in [0.15, 0.2) is 79.0 Å². The zero-order chi connectivity index (χ0) is 28.2. The number of anilines is 1. The molecule has 0 radical (unpaired) electrons. The highest BCUT2D eigenvalue weighted by molar-refractivity contribution is 6.30. The Morgan fingerprint density at radius 1 is 0.951 bits per heavy atom. The van der Waals surface area contributed by atoms with E-state index in [1.165, 1.54) is 17.4 Å². The number of piperazine rings is 1. The van der Waals surface area contributed by atoms with Crippen LogP contribution in [0.25, 0.3) is 0 Å². The van der Waals surface area contributed by atoms with Gasteiger partial charge in [0.05, 0.1) is 0 Å². The summed E-state index contributed by atoms with van der Waals surface area (Å²) in [4.78, 5) is 19.2. The van der Waals surface area contributed by atoms with Crippen molar-refractivity contribution in [3.8, 4) is 23.3 Å². The van der Waals surface area contributed by atoms with Crippen LogP contribution in [0.1, 0.15) is 12.0 Å². The van der Waals surface area contributed by atoms with Crippen LogP contribution in [0.4, 0.5) is 11.5 Å². The number of benzene rings is 3. The van der Waals surface area contributed by atoms with Crippen molar-refractivity contribution in [2.24, 2.45) is 0 Å². The fourth-order valence-electron chi connectivity index (χ4n) is 5.05. The minimum absolute atomic E-state index is 0.202. The molecule has 0 spiro atoms. The van der Waals surface area contributed by atoms with Gasteiger partial charge in [-0.25, -0.2) is 0 Å². The van der Waals surface area contributed by atoms with Crippen LogP contribution >= 0.6 is 11.6 Å². The largest absolute Gasteiger partial charge is 0.490 e. The normalized spacial score (nSPS) is 17.0. The summed E-state index contributed by atoms with van der Waals surface area (Å²) in [6.45, 7) is 5.64. The van der Waals surface area contributed by atoms with E-state index in [0.717, 1.165) is 50.0 Å². The Balaban J connectivity index is 0.959. The Kier molecular flexibility index (Phi) is 7.93. The molecule has 3 heterocycles. The van der Waals surface area contributed by atoms with Crippen molar-refractivity contribution in [1.82, 2.24) is 14.5 Å². The molecule has 2 aliphatic rings. The SMILES string of the molecule is O=[N+]([O-])c1cn2c(n1)OC(COc1ccc(N3CCN(Cc4cccc(Oc5ccc(Cl)cc5)c4)CC3)cc1)CC2. The van der Waals surface area contributed by atoms with Crippen LogP contribution < -0.4 is 19.1 Å². The predicted octanol–water partition coefficient (Wildman–Crippen LogP) is 5.79. The molecule has 11 heteroatoms. The first kappa shape index (κ1) is 26.9. The first-order valence-corrected chi connectivity index (χ1v) is 14.0. The lowest BCUT2D eigenvalue weighted by molar-refractivity contribution is -0.389. The molecule has 1 unspecified atom stereocenters. The third-order valence-electron chi connectivity index (χ3n) is 7.24. The molecule has 1 fully saturated rings. The Labute approximate surface area is 242 Å². The lowest BCUT2D eigenvalue weighted by atomic mass is 10.1. The number of fused-ring (bicyclic) bond motifs is 1. The summed E-state index contributed by atoms with van der Waals surface area (Å²) >= 11 is 5.97. The maximum Gasteiger partial charge on any atom is 0.414 e. The number of aryl methyl sites for hydroxylation is 1. The van der Waals surface area contributed by atoms with Crippen molar-refractivity contribution >= 4 is 23.1 Å². The topological polar surface area (TPSA) is 95.1 Å². The van der Waals surface area contributed by atoms with Gasteiger partial charge in [-0.1, -0.05) is 23.7 Å². The van der Waals surface area contributed by atoms with Crippen LogP contribution in [-0.2, 0) is 13.1 Å². The van der Waals surface area contributed by atoms with Crippen LogP contribution in [0, 0.1) is 10.1 Å². The Morgan fingerprint density at radius 2 is 1.71 bits per heavy atom. The number of imidazole rings is 1. The van der Waals surface area contributed by atoms with E-state index >= 15 is 0 Å². The molecule has 0 amide bonds.